The van der Waals surface area contributed by atoms with Crippen molar-refractivity contribution >= 4 is 23.3 Å². The van der Waals surface area contributed by atoms with Crippen LogP contribution >= 0.6 is 11.6 Å². The van der Waals surface area contributed by atoms with Crippen molar-refractivity contribution in [2.75, 3.05) is 18.0 Å². The molecule has 3 rings (SSSR count). The molecule has 1 unspecified atom stereocenters. The zero-order valence-electron chi connectivity index (χ0n) is 13.5. The Balaban J connectivity index is 1.88. The molecule has 7 heteroatoms. The summed E-state index contributed by atoms with van der Waals surface area (Å²) >= 11 is 5.95. The second kappa shape index (κ2) is 7.15. The van der Waals surface area contributed by atoms with Crippen molar-refractivity contribution in [1.82, 2.24) is 15.4 Å². The third-order valence-corrected chi connectivity index (χ3v) is 4.45. The van der Waals surface area contributed by atoms with Gasteiger partial charge in [-0.05, 0) is 44.0 Å². The van der Waals surface area contributed by atoms with Crippen molar-refractivity contribution in [1.29, 1.82) is 0 Å². The van der Waals surface area contributed by atoms with Crippen LogP contribution < -0.4 is 16.2 Å². The average molecular weight is 346 g/mol. The number of hydrogen-bond acceptors (Lipinski definition) is 5. The van der Waals surface area contributed by atoms with E-state index < -0.39 is 0 Å². The quantitative estimate of drug-likeness (QED) is 0.506. The van der Waals surface area contributed by atoms with Gasteiger partial charge in [0.05, 0.1) is 5.92 Å². The van der Waals surface area contributed by atoms with Gasteiger partial charge in [-0.25, -0.2) is 15.8 Å². The standard InChI is InChI=1S/C17H20ClN5O/c1-11-9-15(23-8-2-3-13(10-23)17(24)22-19)21-16(20-11)12-4-6-14(18)7-5-12/h4-7,9,13H,2-3,8,10,19H2,1H3,(H,22,24). The molecule has 1 aliphatic heterocycles. The van der Waals surface area contributed by atoms with Gasteiger partial charge in [-0.15, -0.1) is 0 Å². The monoisotopic (exact) mass is 345 g/mol. The minimum Gasteiger partial charge on any atom is -0.356 e. The van der Waals surface area contributed by atoms with Crippen molar-refractivity contribution in [3.8, 4) is 11.4 Å². The van der Waals surface area contributed by atoms with Crippen molar-refractivity contribution in [3.05, 3.63) is 41.0 Å². The number of aromatic nitrogens is 2. The molecule has 1 amide bonds. The summed E-state index contributed by atoms with van der Waals surface area (Å²) in [6, 6.07) is 9.40. The molecule has 24 heavy (non-hydrogen) atoms. The van der Waals surface area contributed by atoms with E-state index in [9.17, 15) is 4.79 Å². The number of halogens is 1. The number of nitrogens with one attached hydrogen (secondary N) is 1. The fourth-order valence-corrected chi connectivity index (χ4v) is 3.09. The van der Waals surface area contributed by atoms with Crippen molar-refractivity contribution < 1.29 is 4.79 Å². The molecule has 0 saturated carbocycles. The van der Waals surface area contributed by atoms with Gasteiger partial charge in [-0.3, -0.25) is 10.2 Å². The molecular weight excluding hydrogens is 326 g/mol. The van der Waals surface area contributed by atoms with E-state index in [4.69, 9.17) is 17.4 Å². The minimum absolute atomic E-state index is 0.113. The lowest BCUT2D eigenvalue weighted by Crippen LogP contribution is -2.45. The molecule has 2 heterocycles. The summed E-state index contributed by atoms with van der Waals surface area (Å²) in [6.07, 6.45) is 1.77. The van der Waals surface area contributed by atoms with E-state index in [1.54, 1.807) is 0 Å². The Hall–Kier alpha value is -2.18. The SMILES string of the molecule is Cc1cc(N2CCCC(C(=O)NN)C2)nc(-c2ccc(Cl)cc2)n1. The van der Waals surface area contributed by atoms with Gasteiger partial charge < -0.3 is 4.90 Å². The number of nitrogens with two attached hydrogens (primary N) is 1. The minimum atomic E-state index is -0.122. The van der Waals surface area contributed by atoms with Crippen LogP contribution in [0.25, 0.3) is 11.4 Å². The molecule has 1 aromatic carbocycles. The molecule has 1 atom stereocenters. The van der Waals surface area contributed by atoms with Gasteiger partial charge in [0.25, 0.3) is 0 Å². The summed E-state index contributed by atoms with van der Waals surface area (Å²) in [5, 5.41) is 0.679. The predicted octanol–water partition coefficient (Wildman–Crippen LogP) is 2.31. The molecule has 0 spiro atoms. The fourth-order valence-electron chi connectivity index (χ4n) is 2.96. The Kier molecular flexibility index (Phi) is 4.97. The molecule has 2 aromatic rings. The molecule has 1 fully saturated rings. The Morgan fingerprint density at radius 3 is 2.79 bits per heavy atom. The van der Waals surface area contributed by atoms with Gasteiger partial charge in [0.15, 0.2) is 5.82 Å². The first kappa shape index (κ1) is 16.7. The van der Waals surface area contributed by atoms with E-state index >= 15 is 0 Å². The Morgan fingerprint density at radius 1 is 1.33 bits per heavy atom. The number of nitrogens with zero attached hydrogens (tertiary/aromatic N) is 3. The summed E-state index contributed by atoms with van der Waals surface area (Å²) in [5.74, 6) is 6.53. The lowest BCUT2D eigenvalue weighted by Gasteiger charge is -2.32. The number of rotatable bonds is 3. The molecule has 126 valence electrons. The topological polar surface area (TPSA) is 84.1 Å². The first-order valence-electron chi connectivity index (χ1n) is 7.94. The van der Waals surface area contributed by atoms with Crippen LogP contribution in [0.3, 0.4) is 0 Å². The Labute approximate surface area is 146 Å². The van der Waals surface area contributed by atoms with E-state index in [-0.39, 0.29) is 11.8 Å². The van der Waals surface area contributed by atoms with Crippen LogP contribution in [0.15, 0.2) is 30.3 Å². The lowest BCUT2D eigenvalue weighted by molar-refractivity contribution is -0.125. The highest BCUT2D eigenvalue weighted by atomic mass is 35.5. The summed E-state index contributed by atoms with van der Waals surface area (Å²) < 4.78 is 0. The van der Waals surface area contributed by atoms with E-state index in [0.29, 0.717) is 17.4 Å². The molecule has 6 nitrogen and oxygen atoms in total. The van der Waals surface area contributed by atoms with Gasteiger partial charge in [0.1, 0.15) is 5.82 Å². The maximum Gasteiger partial charge on any atom is 0.238 e. The maximum atomic E-state index is 11.8. The molecule has 1 saturated heterocycles. The van der Waals surface area contributed by atoms with Crippen molar-refractivity contribution in [2.45, 2.75) is 19.8 Å². The highest BCUT2D eigenvalue weighted by molar-refractivity contribution is 6.30. The summed E-state index contributed by atoms with van der Waals surface area (Å²) in [5.41, 5.74) is 4.05. The van der Waals surface area contributed by atoms with E-state index in [1.165, 1.54) is 0 Å². The largest absolute Gasteiger partial charge is 0.356 e. The van der Waals surface area contributed by atoms with Crippen molar-refractivity contribution in [3.63, 3.8) is 0 Å². The average Bonchev–Trinajstić information content (AvgIpc) is 2.61. The zero-order chi connectivity index (χ0) is 17.1. The number of carbonyl (C=O) groups excluding carboxylic acids is 1. The Morgan fingerprint density at radius 2 is 2.08 bits per heavy atom. The number of hydrogen-bond donors (Lipinski definition) is 2. The smallest absolute Gasteiger partial charge is 0.238 e. The normalized spacial score (nSPS) is 17.6. The first-order chi connectivity index (χ1) is 11.6. The van der Waals surface area contributed by atoms with Crippen LogP contribution in [-0.2, 0) is 4.79 Å². The van der Waals surface area contributed by atoms with Gasteiger partial charge >= 0.3 is 0 Å². The van der Waals surface area contributed by atoms with E-state index in [0.717, 1.165) is 36.5 Å². The van der Waals surface area contributed by atoms with Crippen LogP contribution in [0.2, 0.25) is 5.02 Å². The second-order valence-corrected chi connectivity index (χ2v) is 6.43. The van der Waals surface area contributed by atoms with Gasteiger partial charge in [0.2, 0.25) is 5.91 Å². The number of piperidine rings is 1. The van der Waals surface area contributed by atoms with Crippen LogP contribution in [0.4, 0.5) is 5.82 Å². The fraction of sp³-hybridized carbons (Fsp3) is 0.353. The van der Waals surface area contributed by atoms with Crippen molar-refractivity contribution in [2.24, 2.45) is 11.8 Å². The third kappa shape index (κ3) is 3.66. The number of hydrazine groups is 1. The second-order valence-electron chi connectivity index (χ2n) is 5.99. The lowest BCUT2D eigenvalue weighted by atomic mass is 9.97. The first-order valence-corrected chi connectivity index (χ1v) is 8.31. The van der Waals surface area contributed by atoms with Gasteiger partial charge in [-0.1, -0.05) is 11.6 Å². The summed E-state index contributed by atoms with van der Waals surface area (Å²) in [4.78, 5) is 23.1. The number of carbonyl (C=O) groups is 1. The summed E-state index contributed by atoms with van der Waals surface area (Å²) in [7, 11) is 0. The molecular formula is C17H20ClN5O. The molecule has 1 aromatic heterocycles. The molecule has 0 bridgehead atoms. The van der Waals surface area contributed by atoms with E-state index in [1.807, 2.05) is 37.3 Å². The number of benzene rings is 1. The molecule has 1 aliphatic rings. The Bertz CT molecular complexity index is 734. The van der Waals surface area contributed by atoms with E-state index in [2.05, 4.69) is 20.3 Å². The zero-order valence-corrected chi connectivity index (χ0v) is 14.3. The molecule has 0 aliphatic carbocycles. The summed E-state index contributed by atoms with van der Waals surface area (Å²) in [6.45, 7) is 3.42. The number of anilines is 1. The van der Waals surface area contributed by atoms with Gasteiger partial charge in [0, 0.05) is 35.4 Å². The molecule has 3 N–H and O–H groups in total. The highest BCUT2D eigenvalue weighted by Crippen LogP contribution is 2.25. The predicted molar refractivity (Wildman–Crippen MR) is 94.5 cm³/mol. The molecule has 0 radical (unpaired) electrons. The number of aryl methyl sites for hydroxylation is 1. The maximum absolute atomic E-state index is 11.8. The highest BCUT2D eigenvalue weighted by Gasteiger charge is 2.26. The van der Waals surface area contributed by atoms with Crippen LogP contribution in [0.5, 0.6) is 0 Å². The third-order valence-electron chi connectivity index (χ3n) is 4.20. The van der Waals surface area contributed by atoms with Crippen LogP contribution in [-0.4, -0.2) is 29.0 Å². The van der Waals surface area contributed by atoms with Gasteiger partial charge in [-0.2, -0.15) is 0 Å². The van der Waals surface area contributed by atoms with Crippen LogP contribution in [0.1, 0.15) is 18.5 Å². The van der Waals surface area contributed by atoms with Crippen LogP contribution in [0, 0.1) is 12.8 Å². The number of amides is 1.